The number of rotatable bonds is 3. The van der Waals surface area contributed by atoms with Crippen LogP contribution in [0.1, 0.15) is 19.4 Å². The molecule has 0 radical (unpaired) electrons. The molecule has 0 aliphatic heterocycles. The summed E-state index contributed by atoms with van der Waals surface area (Å²) in [5.74, 6) is -0.0630. The quantitative estimate of drug-likeness (QED) is 0.817. The van der Waals surface area contributed by atoms with Crippen molar-refractivity contribution in [1.82, 2.24) is 14.6 Å². The van der Waals surface area contributed by atoms with E-state index in [1.807, 2.05) is 25.3 Å². The third kappa shape index (κ3) is 2.20. The number of hydrogen-bond donors (Lipinski definition) is 2. The molecule has 2 heterocycles. The molecule has 2 rings (SSSR count). The fourth-order valence-corrected chi connectivity index (χ4v) is 1.38. The van der Waals surface area contributed by atoms with E-state index in [-0.39, 0.29) is 0 Å². The van der Waals surface area contributed by atoms with Gasteiger partial charge in [0.25, 0.3) is 0 Å². The Balaban J connectivity index is 2.34. The van der Waals surface area contributed by atoms with Crippen molar-refractivity contribution < 1.29 is 4.79 Å². The summed E-state index contributed by atoms with van der Waals surface area (Å²) in [6.45, 7) is 5.35. The highest BCUT2D eigenvalue weighted by Gasteiger charge is 2.26. The Morgan fingerprint density at radius 3 is 2.88 bits per heavy atom. The van der Waals surface area contributed by atoms with Crippen LogP contribution in [0.25, 0.3) is 5.65 Å². The summed E-state index contributed by atoms with van der Waals surface area (Å²) in [6.07, 6.45) is 1.82. The highest BCUT2D eigenvalue weighted by molar-refractivity contribution is 5.86. The normalized spacial score (nSPS) is 11.7. The van der Waals surface area contributed by atoms with E-state index in [1.165, 1.54) is 0 Å². The lowest BCUT2D eigenvalue weighted by molar-refractivity contribution is -0.121. The first-order chi connectivity index (χ1) is 7.88. The van der Waals surface area contributed by atoms with Crippen LogP contribution in [0.2, 0.25) is 0 Å². The molecular formula is C11H15N5O. The van der Waals surface area contributed by atoms with Crippen molar-refractivity contribution in [1.29, 1.82) is 0 Å². The first kappa shape index (κ1) is 11.4. The second-order valence-corrected chi connectivity index (χ2v) is 4.56. The molecule has 0 unspecified atom stereocenters. The fraction of sp³-hybridized carbons (Fsp3) is 0.364. The Morgan fingerprint density at radius 1 is 1.53 bits per heavy atom. The molecule has 0 bridgehead atoms. The number of aromatic nitrogens is 3. The van der Waals surface area contributed by atoms with Gasteiger partial charge in [-0.3, -0.25) is 4.79 Å². The molecule has 6 heteroatoms. The minimum Gasteiger partial charge on any atom is -0.368 e. The zero-order valence-electron chi connectivity index (χ0n) is 10.1. The topological polar surface area (TPSA) is 85.3 Å². The molecule has 1 amide bonds. The van der Waals surface area contributed by atoms with Crippen molar-refractivity contribution >= 4 is 17.5 Å². The number of nitrogens with one attached hydrogen (secondary N) is 1. The Kier molecular flexibility index (Phi) is 2.49. The van der Waals surface area contributed by atoms with Crippen LogP contribution < -0.4 is 11.1 Å². The third-order valence-electron chi connectivity index (χ3n) is 2.53. The maximum Gasteiger partial charge on any atom is 0.243 e. The van der Waals surface area contributed by atoms with Gasteiger partial charge in [0.05, 0.1) is 0 Å². The molecule has 0 saturated heterocycles. The molecule has 0 saturated carbocycles. The molecule has 2 aromatic heterocycles. The van der Waals surface area contributed by atoms with Crippen LogP contribution in [0.3, 0.4) is 0 Å². The number of nitrogens with zero attached hydrogens (tertiary/aromatic N) is 3. The average molecular weight is 233 g/mol. The number of aryl methyl sites for hydroxylation is 1. The number of nitrogens with two attached hydrogens (primary N) is 1. The number of fused-ring (bicyclic) bond motifs is 1. The first-order valence-electron chi connectivity index (χ1n) is 5.29. The minimum atomic E-state index is -0.875. The highest BCUT2D eigenvalue weighted by Crippen LogP contribution is 2.12. The number of hydrogen-bond acceptors (Lipinski definition) is 4. The number of pyridine rings is 1. The number of carbonyl (C=O) groups excluding carboxylic acids is 1. The van der Waals surface area contributed by atoms with E-state index in [0.717, 1.165) is 11.2 Å². The van der Waals surface area contributed by atoms with Gasteiger partial charge in [-0.2, -0.15) is 4.98 Å². The average Bonchev–Trinajstić information content (AvgIpc) is 2.57. The van der Waals surface area contributed by atoms with Gasteiger partial charge in [0, 0.05) is 6.20 Å². The van der Waals surface area contributed by atoms with Crippen molar-refractivity contribution in [2.45, 2.75) is 26.3 Å². The van der Waals surface area contributed by atoms with Crippen molar-refractivity contribution in [2.24, 2.45) is 5.73 Å². The highest BCUT2D eigenvalue weighted by atomic mass is 16.1. The molecule has 3 N–H and O–H groups in total. The molecule has 0 aliphatic carbocycles. The van der Waals surface area contributed by atoms with Gasteiger partial charge in [-0.15, -0.1) is 5.10 Å². The Hall–Kier alpha value is -2.11. The third-order valence-corrected chi connectivity index (χ3v) is 2.53. The molecule has 2 aromatic rings. The number of carbonyl (C=O) groups is 1. The van der Waals surface area contributed by atoms with E-state index >= 15 is 0 Å². The zero-order chi connectivity index (χ0) is 12.6. The van der Waals surface area contributed by atoms with Gasteiger partial charge in [0.15, 0.2) is 5.65 Å². The Labute approximate surface area is 98.8 Å². The molecule has 90 valence electrons. The van der Waals surface area contributed by atoms with Gasteiger partial charge in [-0.25, -0.2) is 4.52 Å². The molecule has 6 nitrogen and oxygen atoms in total. The van der Waals surface area contributed by atoms with Crippen molar-refractivity contribution in [3.05, 3.63) is 23.9 Å². The monoisotopic (exact) mass is 233 g/mol. The second-order valence-electron chi connectivity index (χ2n) is 4.56. The predicted molar refractivity (Wildman–Crippen MR) is 64.6 cm³/mol. The number of amides is 1. The van der Waals surface area contributed by atoms with Gasteiger partial charge in [0.1, 0.15) is 5.54 Å². The summed E-state index contributed by atoms with van der Waals surface area (Å²) < 4.78 is 1.65. The van der Waals surface area contributed by atoms with Gasteiger partial charge < -0.3 is 11.1 Å². The maximum atomic E-state index is 11.2. The second kappa shape index (κ2) is 3.73. The lowest BCUT2D eigenvalue weighted by atomic mass is 10.1. The van der Waals surface area contributed by atoms with Gasteiger partial charge in [-0.1, -0.05) is 0 Å². The zero-order valence-corrected chi connectivity index (χ0v) is 10.1. The lowest BCUT2D eigenvalue weighted by Crippen LogP contribution is -2.45. The number of primary amides is 1. The van der Waals surface area contributed by atoms with Crippen LogP contribution in [-0.2, 0) is 4.79 Å². The van der Waals surface area contributed by atoms with E-state index in [4.69, 9.17) is 5.73 Å². The Morgan fingerprint density at radius 2 is 2.24 bits per heavy atom. The van der Waals surface area contributed by atoms with Gasteiger partial charge in [0.2, 0.25) is 11.9 Å². The summed E-state index contributed by atoms with van der Waals surface area (Å²) >= 11 is 0. The number of anilines is 1. The van der Waals surface area contributed by atoms with Crippen LogP contribution in [0.4, 0.5) is 5.95 Å². The molecule has 0 atom stereocenters. The molecule has 0 spiro atoms. The maximum absolute atomic E-state index is 11.2. The van der Waals surface area contributed by atoms with Crippen molar-refractivity contribution in [3.8, 4) is 0 Å². The van der Waals surface area contributed by atoms with Crippen LogP contribution in [-0.4, -0.2) is 26.0 Å². The molecular weight excluding hydrogens is 218 g/mol. The van der Waals surface area contributed by atoms with E-state index < -0.39 is 11.4 Å². The van der Waals surface area contributed by atoms with Crippen LogP contribution >= 0.6 is 0 Å². The van der Waals surface area contributed by atoms with Gasteiger partial charge in [-0.05, 0) is 38.5 Å². The summed E-state index contributed by atoms with van der Waals surface area (Å²) in [4.78, 5) is 15.5. The SMILES string of the molecule is Cc1ccn2nc(NC(C)(C)C(N)=O)nc2c1. The first-order valence-corrected chi connectivity index (χ1v) is 5.29. The lowest BCUT2D eigenvalue weighted by Gasteiger charge is -2.20. The summed E-state index contributed by atoms with van der Waals surface area (Å²) in [7, 11) is 0. The summed E-state index contributed by atoms with van der Waals surface area (Å²) in [5.41, 5.74) is 6.23. The van der Waals surface area contributed by atoms with Crippen molar-refractivity contribution in [2.75, 3.05) is 5.32 Å². The fourth-order valence-electron chi connectivity index (χ4n) is 1.38. The molecule has 0 aliphatic rings. The molecule has 0 aromatic carbocycles. The smallest absolute Gasteiger partial charge is 0.243 e. The predicted octanol–water partition coefficient (Wildman–Crippen LogP) is 0.714. The molecule has 0 fully saturated rings. The van der Waals surface area contributed by atoms with E-state index in [1.54, 1.807) is 18.4 Å². The largest absolute Gasteiger partial charge is 0.368 e. The van der Waals surface area contributed by atoms with Crippen LogP contribution in [0.15, 0.2) is 18.3 Å². The summed E-state index contributed by atoms with van der Waals surface area (Å²) in [6, 6.07) is 3.85. The van der Waals surface area contributed by atoms with Crippen LogP contribution in [0, 0.1) is 6.92 Å². The van der Waals surface area contributed by atoms with Crippen LogP contribution in [0.5, 0.6) is 0 Å². The summed E-state index contributed by atoms with van der Waals surface area (Å²) in [5, 5.41) is 7.12. The van der Waals surface area contributed by atoms with E-state index in [0.29, 0.717) is 5.95 Å². The standard InChI is InChI=1S/C11H15N5O/c1-7-4-5-16-8(6-7)13-10(15-16)14-11(2,3)9(12)17/h4-6H,1-3H3,(H2,12,17)(H,14,15). The Bertz CT molecular complexity index is 572. The van der Waals surface area contributed by atoms with Crippen molar-refractivity contribution in [3.63, 3.8) is 0 Å². The van der Waals surface area contributed by atoms with Gasteiger partial charge >= 0.3 is 0 Å². The van der Waals surface area contributed by atoms with E-state index in [9.17, 15) is 4.79 Å². The minimum absolute atomic E-state index is 0.388. The van der Waals surface area contributed by atoms with E-state index in [2.05, 4.69) is 15.4 Å². The molecule has 17 heavy (non-hydrogen) atoms.